The zero-order valence-electron chi connectivity index (χ0n) is 9.18. The van der Waals surface area contributed by atoms with E-state index in [0.717, 1.165) is 18.7 Å². The van der Waals surface area contributed by atoms with E-state index in [9.17, 15) is 4.79 Å². The van der Waals surface area contributed by atoms with E-state index < -0.39 is 0 Å². The summed E-state index contributed by atoms with van der Waals surface area (Å²) in [6, 6.07) is 0.527. The highest BCUT2D eigenvalue weighted by Crippen LogP contribution is 2.26. The molecule has 1 fully saturated rings. The Hall–Kier alpha value is -0.830. The summed E-state index contributed by atoms with van der Waals surface area (Å²) in [5.74, 6) is 0.219. The molecule has 0 aromatic heterocycles. The number of nitrogens with one attached hydrogen (secondary N) is 1. The summed E-state index contributed by atoms with van der Waals surface area (Å²) in [5.41, 5.74) is 1.06. The van der Waals surface area contributed by atoms with E-state index in [1.807, 2.05) is 18.7 Å². The minimum absolute atomic E-state index is 0.219. The Morgan fingerprint density at radius 3 is 2.57 bits per heavy atom. The van der Waals surface area contributed by atoms with E-state index >= 15 is 0 Å². The van der Waals surface area contributed by atoms with Gasteiger partial charge in [0.1, 0.15) is 0 Å². The van der Waals surface area contributed by atoms with Crippen molar-refractivity contribution >= 4 is 5.91 Å². The first-order valence-electron chi connectivity index (χ1n) is 5.29. The topological polar surface area (TPSA) is 32.3 Å². The third kappa shape index (κ3) is 3.50. The second-order valence-electron chi connectivity index (χ2n) is 3.97. The summed E-state index contributed by atoms with van der Waals surface area (Å²) in [5, 5.41) is 3.09. The number of amides is 1. The molecule has 14 heavy (non-hydrogen) atoms. The number of carbonyl (C=O) groups is 1. The fourth-order valence-corrected chi connectivity index (χ4v) is 1.51. The molecule has 0 radical (unpaired) electrons. The van der Waals surface area contributed by atoms with Gasteiger partial charge in [0.15, 0.2) is 0 Å². The molecule has 0 unspecified atom stereocenters. The van der Waals surface area contributed by atoms with Crippen molar-refractivity contribution in [3.8, 4) is 0 Å². The van der Waals surface area contributed by atoms with Crippen LogP contribution in [0.5, 0.6) is 0 Å². The van der Waals surface area contributed by atoms with Gasteiger partial charge in [0, 0.05) is 19.1 Å². The molecule has 0 bridgehead atoms. The fourth-order valence-electron chi connectivity index (χ4n) is 1.51. The third-order valence-electron chi connectivity index (χ3n) is 2.35. The van der Waals surface area contributed by atoms with Gasteiger partial charge in [-0.15, -0.1) is 0 Å². The SMILES string of the molecule is C=C(C)CNCC(=O)N(CC)C1CC1. The Morgan fingerprint density at radius 2 is 2.14 bits per heavy atom. The molecule has 0 aromatic carbocycles. The van der Waals surface area contributed by atoms with Crippen LogP contribution in [0.15, 0.2) is 12.2 Å². The molecule has 0 atom stereocenters. The fraction of sp³-hybridized carbons (Fsp3) is 0.727. The highest BCUT2D eigenvalue weighted by atomic mass is 16.2. The van der Waals surface area contributed by atoms with Crippen molar-refractivity contribution in [1.82, 2.24) is 10.2 Å². The van der Waals surface area contributed by atoms with E-state index in [1.165, 1.54) is 12.8 Å². The van der Waals surface area contributed by atoms with Crippen LogP contribution in [-0.2, 0) is 4.79 Å². The number of likely N-dealkylation sites (N-methyl/N-ethyl adjacent to an activating group) is 1. The maximum atomic E-state index is 11.7. The first-order chi connectivity index (χ1) is 6.65. The van der Waals surface area contributed by atoms with Crippen molar-refractivity contribution in [1.29, 1.82) is 0 Å². The van der Waals surface area contributed by atoms with Gasteiger partial charge in [-0.05, 0) is 26.7 Å². The molecule has 0 spiro atoms. The highest BCUT2D eigenvalue weighted by molar-refractivity contribution is 5.78. The average molecular weight is 196 g/mol. The van der Waals surface area contributed by atoms with Crippen molar-refractivity contribution in [2.24, 2.45) is 0 Å². The molecule has 3 heteroatoms. The lowest BCUT2D eigenvalue weighted by molar-refractivity contribution is -0.130. The molecule has 1 rings (SSSR count). The molecule has 80 valence electrons. The Bertz CT molecular complexity index is 221. The number of carbonyl (C=O) groups excluding carboxylic acids is 1. The molecular formula is C11H20N2O. The molecule has 1 N–H and O–H groups in total. The summed E-state index contributed by atoms with van der Waals surface area (Å²) >= 11 is 0. The van der Waals surface area contributed by atoms with Crippen LogP contribution in [0.3, 0.4) is 0 Å². The van der Waals surface area contributed by atoms with E-state index in [2.05, 4.69) is 11.9 Å². The minimum Gasteiger partial charge on any atom is -0.339 e. The molecule has 0 saturated heterocycles. The van der Waals surface area contributed by atoms with Crippen LogP contribution in [0.2, 0.25) is 0 Å². The highest BCUT2D eigenvalue weighted by Gasteiger charge is 2.30. The van der Waals surface area contributed by atoms with Gasteiger partial charge in [-0.2, -0.15) is 0 Å². The second kappa shape index (κ2) is 5.15. The van der Waals surface area contributed by atoms with Crippen LogP contribution in [0, 0.1) is 0 Å². The molecule has 1 saturated carbocycles. The van der Waals surface area contributed by atoms with Crippen LogP contribution < -0.4 is 5.32 Å². The van der Waals surface area contributed by atoms with Crippen molar-refractivity contribution in [3.05, 3.63) is 12.2 Å². The minimum atomic E-state index is 0.219. The molecule has 0 heterocycles. The van der Waals surface area contributed by atoms with Gasteiger partial charge < -0.3 is 10.2 Å². The third-order valence-corrected chi connectivity index (χ3v) is 2.35. The average Bonchev–Trinajstić information content (AvgIpc) is 2.89. The van der Waals surface area contributed by atoms with Gasteiger partial charge in [0.25, 0.3) is 0 Å². The predicted molar refractivity (Wildman–Crippen MR) is 58.1 cm³/mol. The monoisotopic (exact) mass is 196 g/mol. The lowest BCUT2D eigenvalue weighted by atomic mass is 10.3. The normalized spacial score (nSPS) is 15.3. The molecule has 0 aromatic rings. The van der Waals surface area contributed by atoms with Gasteiger partial charge in [-0.3, -0.25) is 4.79 Å². The number of hydrogen-bond acceptors (Lipinski definition) is 2. The van der Waals surface area contributed by atoms with Crippen molar-refractivity contribution in [2.75, 3.05) is 19.6 Å². The van der Waals surface area contributed by atoms with Gasteiger partial charge >= 0.3 is 0 Å². The molecule has 1 aliphatic rings. The van der Waals surface area contributed by atoms with E-state index in [0.29, 0.717) is 12.6 Å². The zero-order valence-corrected chi connectivity index (χ0v) is 9.18. The van der Waals surface area contributed by atoms with Crippen LogP contribution >= 0.6 is 0 Å². The number of nitrogens with zero attached hydrogens (tertiary/aromatic N) is 1. The quantitative estimate of drug-likeness (QED) is 0.647. The smallest absolute Gasteiger partial charge is 0.236 e. The van der Waals surface area contributed by atoms with E-state index in [-0.39, 0.29) is 5.91 Å². The van der Waals surface area contributed by atoms with Crippen LogP contribution in [0.4, 0.5) is 0 Å². The number of rotatable bonds is 6. The molecule has 1 amide bonds. The summed E-state index contributed by atoms with van der Waals surface area (Å²) in [6.07, 6.45) is 2.36. The summed E-state index contributed by atoms with van der Waals surface area (Å²) in [4.78, 5) is 13.6. The van der Waals surface area contributed by atoms with E-state index in [1.54, 1.807) is 0 Å². The lowest BCUT2D eigenvalue weighted by Gasteiger charge is -2.20. The zero-order chi connectivity index (χ0) is 10.6. The van der Waals surface area contributed by atoms with Crippen LogP contribution in [-0.4, -0.2) is 36.5 Å². The van der Waals surface area contributed by atoms with Gasteiger partial charge in [-0.1, -0.05) is 12.2 Å². The Kier molecular flexibility index (Phi) is 4.14. The Balaban J connectivity index is 2.21. The van der Waals surface area contributed by atoms with Crippen molar-refractivity contribution in [2.45, 2.75) is 32.7 Å². The largest absolute Gasteiger partial charge is 0.339 e. The van der Waals surface area contributed by atoms with Crippen molar-refractivity contribution < 1.29 is 4.79 Å². The first kappa shape index (κ1) is 11.2. The Morgan fingerprint density at radius 1 is 1.50 bits per heavy atom. The van der Waals surface area contributed by atoms with E-state index in [4.69, 9.17) is 0 Å². The first-order valence-corrected chi connectivity index (χ1v) is 5.29. The van der Waals surface area contributed by atoms with Crippen LogP contribution in [0.25, 0.3) is 0 Å². The molecular weight excluding hydrogens is 176 g/mol. The lowest BCUT2D eigenvalue weighted by Crippen LogP contribution is -2.39. The summed E-state index contributed by atoms with van der Waals surface area (Å²) in [7, 11) is 0. The molecule has 0 aliphatic heterocycles. The van der Waals surface area contributed by atoms with Crippen molar-refractivity contribution in [3.63, 3.8) is 0 Å². The standard InChI is InChI=1S/C11H20N2O/c1-4-13(10-5-6-10)11(14)8-12-7-9(2)3/h10,12H,2,4-8H2,1,3H3. The summed E-state index contributed by atoms with van der Waals surface area (Å²) < 4.78 is 0. The summed E-state index contributed by atoms with van der Waals surface area (Å²) in [6.45, 7) is 9.77. The maximum absolute atomic E-state index is 11.7. The number of hydrogen-bond donors (Lipinski definition) is 1. The molecule has 3 nitrogen and oxygen atoms in total. The predicted octanol–water partition coefficient (Wildman–Crippen LogP) is 1.16. The van der Waals surface area contributed by atoms with Gasteiger partial charge in [0.2, 0.25) is 5.91 Å². The Labute approximate surface area is 86.2 Å². The maximum Gasteiger partial charge on any atom is 0.236 e. The van der Waals surface area contributed by atoms with Gasteiger partial charge in [0.05, 0.1) is 6.54 Å². The van der Waals surface area contributed by atoms with Crippen LogP contribution in [0.1, 0.15) is 26.7 Å². The second-order valence-corrected chi connectivity index (χ2v) is 3.97. The van der Waals surface area contributed by atoms with Gasteiger partial charge in [-0.25, -0.2) is 0 Å². The molecule has 1 aliphatic carbocycles.